The summed E-state index contributed by atoms with van der Waals surface area (Å²) in [7, 11) is 1.98. The lowest BCUT2D eigenvalue weighted by atomic mass is 9.88. The molecular formula is C22H29N5O2S. The molecule has 1 aromatic rings. The summed E-state index contributed by atoms with van der Waals surface area (Å²) < 4.78 is 0. The summed E-state index contributed by atoms with van der Waals surface area (Å²) in [5, 5.41) is 10.2. The molecule has 1 aromatic carbocycles. The Bertz CT molecular complexity index is 926. The van der Waals surface area contributed by atoms with Gasteiger partial charge in [0.1, 0.15) is 11.7 Å². The van der Waals surface area contributed by atoms with Crippen molar-refractivity contribution in [1.82, 2.24) is 10.3 Å². The zero-order chi connectivity index (χ0) is 20.4. The van der Waals surface area contributed by atoms with Crippen molar-refractivity contribution in [3.05, 3.63) is 48.1 Å². The number of amides is 1. The fourth-order valence-corrected chi connectivity index (χ4v) is 4.50. The molecule has 4 rings (SSSR count). The Labute approximate surface area is 181 Å². The van der Waals surface area contributed by atoms with Crippen LogP contribution in [0.25, 0.3) is 0 Å². The summed E-state index contributed by atoms with van der Waals surface area (Å²) in [6, 6.07) is 6.44. The van der Waals surface area contributed by atoms with E-state index in [2.05, 4.69) is 51.8 Å². The second-order valence-electron chi connectivity index (χ2n) is 7.53. The summed E-state index contributed by atoms with van der Waals surface area (Å²) in [5.41, 5.74) is 1.49. The average Bonchev–Trinajstić information content (AvgIpc) is 2.93. The number of hydrazone groups is 1. The number of hydrogen-bond donors (Lipinski definition) is 1. The smallest absolute Gasteiger partial charge is 0.221 e. The minimum absolute atomic E-state index is 0. The van der Waals surface area contributed by atoms with Crippen LogP contribution < -0.4 is 10.2 Å². The number of rotatable bonds is 5. The first-order valence-electron chi connectivity index (χ1n) is 10.0. The van der Waals surface area contributed by atoms with Gasteiger partial charge in [-0.15, -0.1) is 11.8 Å². The van der Waals surface area contributed by atoms with Crippen LogP contribution in [0.4, 0.5) is 5.69 Å². The summed E-state index contributed by atoms with van der Waals surface area (Å²) in [4.78, 5) is 20.7. The van der Waals surface area contributed by atoms with Crippen LogP contribution >= 0.6 is 11.8 Å². The minimum Gasteiger partial charge on any atom is -0.412 e. The highest BCUT2D eigenvalue weighted by atomic mass is 32.2. The van der Waals surface area contributed by atoms with Crippen LogP contribution in [0.15, 0.2) is 57.5 Å². The van der Waals surface area contributed by atoms with Crippen molar-refractivity contribution < 1.29 is 10.3 Å². The Balaban J connectivity index is 0.00000256. The number of nitrogens with zero attached hydrogens (tertiary/aromatic N) is 4. The van der Waals surface area contributed by atoms with Crippen molar-refractivity contribution in [2.45, 2.75) is 42.8 Å². The van der Waals surface area contributed by atoms with Crippen molar-refractivity contribution in [2.75, 3.05) is 24.7 Å². The van der Waals surface area contributed by atoms with Gasteiger partial charge in [-0.3, -0.25) is 14.8 Å². The number of amidine groups is 1. The largest absolute Gasteiger partial charge is 0.412 e. The van der Waals surface area contributed by atoms with E-state index in [-0.39, 0.29) is 17.5 Å². The molecule has 0 bridgehead atoms. The normalized spacial score (nSPS) is 24.0. The van der Waals surface area contributed by atoms with Gasteiger partial charge in [-0.05, 0) is 37.3 Å². The van der Waals surface area contributed by atoms with E-state index in [0.717, 1.165) is 23.5 Å². The number of carbonyl (C=O) groups excluding carboxylic acids is 1. The Morgan fingerprint density at radius 1 is 1.37 bits per heavy atom. The molecule has 0 spiro atoms. The third kappa shape index (κ3) is 3.89. The number of nitrogens with one attached hydrogen (secondary N) is 1. The molecule has 7 nitrogen and oxygen atoms in total. The van der Waals surface area contributed by atoms with Crippen LogP contribution in [0.2, 0.25) is 0 Å². The molecule has 30 heavy (non-hydrogen) atoms. The van der Waals surface area contributed by atoms with Crippen molar-refractivity contribution in [1.29, 1.82) is 0 Å². The van der Waals surface area contributed by atoms with Gasteiger partial charge in [0.25, 0.3) is 0 Å². The molecule has 1 amide bonds. The Hall–Kier alpha value is -2.58. The van der Waals surface area contributed by atoms with Gasteiger partial charge >= 0.3 is 0 Å². The molecule has 3 aliphatic rings. The van der Waals surface area contributed by atoms with Crippen molar-refractivity contribution >= 4 is 35.4 Å². The molecule has 2 atom stereocenters. The van der Waals surface area contributed by atoms with E-state index in [9.17, 15) is 4.79 Å². The van der Waals surface area contributed by atoms with Gasteiger partial charge in [-0.25, -0.2) is 0 Å². The molecule has 0 saturated heterocycles. The Morgan fingerprint density at radius 3 is 2.90 bits per heavy atom. The maximum Gasteiger partial charge on any atom is 0.221 e. The van der Waals surface area contributed by atoms with Crippen LogP contribution in [0.1, 0.15) is 31.7 Å². The number of thioether (sulfide) groups is 1. The summed E-state index contributed by atoms with van der Waals surface area (Å²) in [6.45, 7) is 2.64. The molecule has 160 valence electrons. The highest BCUT2D eigenvalue weighted by Gasteiger charge is 2.46. The number of hydrogen-bond acceptors (Lipinski definition) is 6. The van der Waals surface area contributed by atoms with E-state index < -0.39 is 5.54 Å². The molecule has 2 unspecified atom stereocenters. The van der Waals surface area contributed by atoms with E-state index in [0.29, 0.717) is 19.4 Å². The van der Waals surface area contributed by atoms with Gasteiger partial charge < -0.3 is 15.7 Å². The van der Waals surface area contributed by atoms with E-state index >= 15 is 0 Å². The first kappa shape index (κ1) is 22.1. The maximum atomic E-state index is 12.6. The molecule has 0 radical (unpaired) electrons. The zero-order valence-corrected chi connectivity index (χ0v) is 18.4. The topological polar surface area (TPSA) is 91.8 Å². The van der Waals surface area contributed by atoms with Gasteiger partial charge in [-0.2, -0.15) is 5.10 Å². The lowest BCUT2D eigenvalue weighted by molar-refractivity contribution is -0.121. The van der Waals surface area contributed by atoms with Crippen molar-refractivity contribution in [3.63, 3.8) is 0 Å². The first-order chi connectivity index (χ1) is 14.1. The summed E-state index contributed by atoms with van der Waals surface area (Å²) >= 11 is 1.72. The Kier molecular flexibility index (Phi) is 6.67. The number of aliphatic imine (C=N–C) groups is 1. The van der Waals surface area contributed by atoms with E-state index in [1.54, 1.807) is 11.8 Å². The minimum atomic E-state index is -0.663. The van der Waals surface area contributed by atoms with Gasteiger partial charge in [0.2, 0.25) is 5.91 Å². The zero-order valence-electron chi connectivity index (χ0n) is 17.6. The molecule has 2 heterocycles. The van der Waals surface area contributed by atoms with E-state index in [1.165, 1.54) is 4.90 Å². The standard InChI is InChI=1S/C22H27N5OS.H2O/c1-4-8-19(28)24-22(11-6-5-7-12-22)21-25-26(2)20-15-23-14-16-13-17(29-3)9-10-18(16)27(20)21;/h5-7,9-11,13-14,20H,4,8,12,15H2,1-3H3,(H,24,28);1H2. The second kappa shape index (κ2) is 9.06. The average molecular weight is 428 g/mol. The van der Waals surface area contributed by atoms with Crippen molar-refractivity contribution in [3.8, 4) is 0 Å². The summed E-state index contributed by atoms with van der Waals surface area (Å²) in [5.74, 6) is 0.893. The third-order valence-corrected chi connectivity index (χ3v) is 6.23. The fourth-order valence-electron chi connectivity index (χ4n) is 4.05. The van der Waals surface area contributed by atoms with Crippen LogP contribution in [0.3, 0.4) is 0 Å². The predicted molar refractivity (Wildman–Crippen MR) is 124 cm³/mol. The van der Waals surface area contributed by atoms with Gasteiger partial charge in [0.15, 0.2) is 5.84 Å². The van der Waals surface area contributed by atoms with Gasteiger partial charge in [-0.1, -0.05) is 31.2 Å². The molecule has 0 aromatic heterocycles. The van der Waals surface area contributed by atoms with Crippen LogP contribution in [0, 0.1) is 0 Å². The fraction of sp³-hybridized carbons (Fsp3) is 0.409. The Morgan fingerprint density at radius 2 is 2.20 bits per heavy atom. The summed E-state index contributed by atoms with van der Waals surface area (Å²) in [6.07, 6.45) is 14.2. The SMILES string of the molecule is CCCC(=O)NC1(C2=NN(C)C3CN=Cc4cc(SC)ccc4N23)C=CC=CC1.O. The van der Waals surface area contributed by atoms with Crippen LogP contribution in [-0.2, 0) is 4.79 Å². The maximum absolute atomic E-state index is 12.6. The van der Waals surface area contributed by atoms with Gasteiger partial charge in [0, 0.05) is 30.1 Å². The monoisotopic (exact) mass is 427 g/mol. The van der Waals surface area contributed by atoms with Gasteiger partial charge in [0.05, 0.1) is 12.2 Å². The van der Waals surface area contributed by atoms with Crippen LogP contribution in [-0.4, -0.2) is 60.0 Å². The first-order valence-corrected chi connectivity index (χ1v) is 11.2. The van der Waals surface area contributed by atoms with E-state index in [4.69, 9.17) is 5.10 Å². The number of carbonyl (C=O) groups is 1. The lowest BCUT2D eigenvalue weighted by Crippen LogP contribution is -2.59. The third-order valence-electron chi connectivity index (χ3n) is 5.51. The number of anilines is 1. The number of benzene rings is 1. The molecule has 0 fully saturated rings. The molecular weight excluding hydrogens is 398 g/mol. The molecule has 0 saturated carbocycles. The molecule has 2 aliphatic heterocycles. The quantitative estimate of drug-likeness (QED) is 0.731. The second-order valence-corrected chi connectivity index (χ2v) is 8.41. The molecule has 1 aliphatic carbocycles. The van der Waals surface area contributed by atoms with E-state index in [1.807, 2.05) is 37.3 Å². The molecule has 8 heteroatoms. The highest BCUT2D eigenvalue weighted by molar-refractivity contribution is 7.98. The number of allylic oxidation sites excluding steroid dienone is 2. The number of likely N-dealkylation sites (N-methyl/N-ethyl adjacent to an activating group) is 1. The van der Waals surface area contributed by atoms with Crippen LogP contribution in [0.5, 0.6) is 0 Å². The lowest BCUT2D eigenvalue weighted by Gasteiger charge is -2.38. The van der Waals surface area contributed by atoms with Crippen molar-refractivity contribution in [2.24, 2.45) is 10.1 Å². The predicted octanol–water partition coefficient (Wildman–Crippen LogP) is 2.58. The highest BCUT2D eigenvalue weighted by Crippen LogP contribution is 2.36. The molecule has 3 N–H and O–H groups in total. The number of fused-ring (bicyclic) bond motifs is 3.